The molecule has 0 radical (unpaired) electrons. The number of rotatable bonds is 7. The van der Waals surface area contributed by atoms with Gasteiger partial charge in [-0.3, -0.25) is 4.90 Å². The van der Waals surface area contributed by atoms with Gasteiger partial charge in [-0.1, -0.05) is 17.3 Å². The Kier molecular flexibility index (Phi) is 4.67. The van der Waals surface area contributed by atoms with Gasteiger partial charge in [0.1, 0.15) is 11.6 Å². The van der Waals surface area contributed by atoms with Crippen LogP contribution < -0.4 is 4.74 Å². The lowest BCUT2D eigenvalue weighted by Crippen LogP contribution is -2.25. The Morgan fingerprint density at radius 1 is 1.15 bits per heavy atom. The molecule has 1 aliphatic carbocycles. The molecule has 134 valence electrons. The smallest absolute Gasteiger partial charge is 0.241 e. The molecule has 5 nitrogen and oxygen atoms in total. The van der Waals surface area contributed by atoms with Crippen molar-refractivity contribution in [2.24, 2.45) is 0 Å². The minimum absolute atomic E-state index is 0.210. The molecule has 0 spiro atoms. The molecule has 0 unspecified atom stereocenters. The Hall–Kier alpha value is -2.73. The maximum atomic E-state index is 13.4. The fraction of sp³-hybridized carbons (Fsp3) is 0.300. The van der Waals surface area contributed by atoms with E-state index in [1.54, 1.807) is 19.2 Å². The third-order valence-electron chi connectivity index (χ3n) is 4.49. The van der Waals surface area contributed by atoms with Crippen LogP contribution in [0.5, 0.6) is 5.75 Å². The average molecular weight is 353 g/mol. The van der Waals surface area contributed by atoms with Crippen molar-refractivity contribution >= 4 is 0 Å². The standard InChI is InChI=1S/C20H20FN3O2/c1-25-18-9-5-15(6-10-18)20-22-19(26-23-20)13-24(17-7-8-17)12-14-3-2-4-16(21)11-14/h2-6,9-11,17H,7-8,12-13H2,1H3. The van der Waals surface area contributed by atoms with E-state index < -0.39 is 0 Å². The van der Waals surface area contributed by atoms with E-state index in [0.717, 1.165) is 29.7 Å². The molecule has 0 amide bonds. The van der Waals surface area contributed by atoms with Crippen LogP contribution in [0, 0.1) is 5.82 Å². The van der Waals surface area contributed by atoms with Gasteiger partial charge in [0, 0.05) is 18.2 Å². The molecular weight excluding hydrogens is 333 g/mol. The quantitative estimate of drug-likeness (QED) is 0.641. The van der Waals surface area contributed by atoms with Gasteiger partial charge in [0.2, 0.25) is 11.7 Å². The van der Waals surface area contributed by atoms with Crippen molar-refractivity contribution in [3.05, 3.63) is 65.8 Å². The summed E-state index contributed by atoms with van der Waals surface area (Å²) in [6.07, 6.45) is 2.30. The fourth-order valence-electron chi connectivity index (χ4n) is 2.97. The molecule has 2 aromatic carbocycles. The van der Waals surface area contributed by atoms with Crippen LogP contribution in [0.4, 0.5) is 4.39 Å². The van der Waals surface area contributed by atoms with Gasteiger partial charge < -0.3 is 9.26 Å². The van der Waals surface area contributed by atoms with E-state index in [9.17, 15) is 4.39 Å². The highest BCUT2D eigenvalue weighted by molar-refractivity contribution is 5.55. The molecule has 0 saturated heterocycles. The summed E-state index contributed by atoms with van der Waals surface area (Å²) in [5, 5.41) is 4.08. The number of methoxy groups -OCH3 is 1. The number of ether oxygens (including phenoxy) is 1. The monoisotopic (exact) mass is 353 g/mol. The molecule has 1 fully saturated rings. The van der Waals surface area contributed by atoms with E-state index in [1.165, 1.54) is 6.07 Å². The van der Waals surface area contributed by atoms with Crippen molar-refractivity contribution in [2.75, 3.05) is 7.11 Å². The first-order valence-electron chi connectivity index (χ1n) is 8.67. The zero-order valence-corrected chi connectivity index (χ0v) is 14.6. The fourth-order valence-corrected chi connectivity index (χ4v) is 2.97. The Labute approximate surface area is 151 Å². The van der Waals surface area contributed by atoms with Crippen LogP contribution in [0.2, 0.25) is 0 Å². The minimum Gasteiger partial charge on any atom is -0.497 e. The van der Waals surface area contributed by atoms with Gasteiger partial charge in [-0.25, -0.2) is 4.39 Å². The number of hydrogen-bond acceptors (Lipinski definition) is 5. The lowest BCUT2D eigenvalue weighted by Gasteiger charge is -2.19. The van der Waals surface area contributed by atoms with E-state index in [-0.39, 0.29) is 5.82 Å². The van der Waals surface area contributed by atoms with Gasteiger partial charge in [-0.15, -0.1) is 0 Å². The highest BCUT2D eigenvalue weighted by Gasteiger charge is 2.30. The average Bonchev–Trinajstić information content (AvgIpc) is 3.41. The maximum absolute atomic E-state index is 13.4. The van der Waals surface area contributed by atoms with Crippen molar-refractivity contribution in [3.63, 3.8) is 0 Å². The van der Waals surface area contributed by atoms with E-state index >= 15 is 0 Å². The lowest BCUT2D eigenvalue weighted by molar-refractivity contribution is 0.209. The van der Waals surface area contributed by atoms with Crippen molar-refractivity contribution in [1.82, 2.24) is 15.0 Å². The summed E-state index contributed by atoms with van der Waals surface area (Å²) in [5.74, 6) is 1.70. The largest absolute Gasteiger partial charge is 0.497 e. The Balaban J connectivity index is 1.47. The first kappa shape index (κ1) is 16.7. The van der Waals surface area contributed by atoms with E-state index in [4.69, 9.17) is 9.26 Å². The molecule has 26 heavy (non-hydrogen) atoms. The maximum Gasteiger partial charge on any atom is 0.241 e. The summed E-state index contributed by atoms with van der Waals surface area (Å²) in [6, 6.07) is 14.7. The van der Waals surface area contributed by atoms with Crippen LogP contribution in [0.1, 0.15) is 24.3 Å². The Bertz CT molecular complexity index is 875. The second-order valence-electron chi connectivity index (χ2n) is 6.51. The SMILES string of the molecule is COc1ccc(-c2noc(CN(Cc3cccc(F)c3)C3CC3)n2)cc1. The zero-order valence-electron chi connectivity index (χ0n) is 14.6. The molecule has 1 heterocycles. The third kappa shape index (κ3) is 3.91. The van der Waals surface area contributed by atoms with Crippen molar-refractivity contribution in [1.29, 1.82) is 0 Å². The number of halogens is 1. The second kappa shape index (κ2) is 7.25. The Morgan fingerprint density at radius 2 is 1.96 bits per heavy atom. The number of aromatic nitrogens is 2. The number of nitrogens with zero attached hydrogens (tertiary/aromatic N) is 3. The van der Waals surface area contributed by atoms with Crippen molar-refractivity contribution in [3.8, 4) is 17.1 Å². The predicted octanol–water partition coefficient (Wildman–Crippen LogP) is 4.05. The molecule has 1 aliphatic rings. The summed E-state index contributed by atoms with van der Waals surface area (Å²) < 4.78 is 24.0. The van der Waals surface area contributed by atoms with Gasteiger partial charge in [-0.05, 0) is 54.8 Å². The molecule has 0 bridgehead atoms. The van der Waals surface area contributed by atoms with Gasteiger partial charge in [0.25, 0.3) is 0 Å². The van der Waals surface area contributed by atoms with Crippen LogP contribution in [0.15, 0.2) is 53.1 Å². The van der Waals surface area contributed by atoms with E-state index in [2.05, 4.69) is 15.0 Å². The molecule has 0 atom stereocenters. The Morgan fingerprint density at radius 3 is 2.65 bits per heavy atom. The van der Waals surface area contributed by atoms with Gasteiger partial charge in [-0.2, -0.15) is 4.98 Å². The lowest BCUT2D eigenvalue weighted by atomic mass is 10.2. The summed E-state index contributed by atoms with van der Waals surface area (Å²) in [6.45, 7) is 1.23. The van der Waals surface area contributed by atoms with Crippen molar-refractivity contribution < 1.29 is 13.7 Å². The van der Waals surface area contributed by atoms with E-state index in [1.807, 2.05) is 30.3 Å². The molecule has 0 N–H and O–H groups in total. The highest BCUT2D eigenvalue weighted by atomic mass is 19.1. The molecule has 4 rings (SSSR count). The molecular formula is C20H20FN3O2. The topological polar surface area (TPSA) is 51.4 Å². The normalized spacial score (nSPS) is 14.0. The van der Waals surface area contributed by atoms with E-state index in [0.29, 0.717) is 30.8 Å². The summed E-state index contributed by atoms with van der Waals surface area (Å²) in [4.78, 5) is 6.77. The highest BCUT2D eigenvalue weighted by Crippen LogP contribution is 2.30. The van der Waals surface area contributed by atoms with Crippen molar-refractivity contribution in [2.45, 2.75) is 32.0 Å². The number of benzene rings is 2. The zero-order chi connectivity index (χ0) is 17.9. The van der Waals surface area contributed by atoms with Crippen LogP contribution in [-0.4, -0.2) is 28.2 Å². The summed E-state index contributed by atoms with van der Waals surface area (Å²) in [7, 11) is 1.63. The molecule has 6 heteroatoms. The molecule has 1 saturated carbocycles. The van der Waals surface area contributed by atoms with Crippen LogP contribution in [-0.2, 0) is 13.1 Å². The predicted molar refractivity (Wildman–Crippen MR) is 95.0 cm³/mol. The molecule has 3 aromatic rings. The first-order chi connectivity index (χ1) is 12.7. The second-order valence-corrected chi connectivity index (χ2v) is 6.51. The van der Waals surface area contributed by atoms with Gasteiger partial charge in [0.15, 0.2) is 0 Å². The summed E-state index contributed by atoms with van der Waals surface area (Å²) in [5.41, 5.74) is 1.83. The van der Waals surface area contributed by atoms with Crippen LogP contribution in [0.25, 0.3) is 11.4 Å². The molecule has 0 aliphatic heterocycles. The summed E-state index contributed by atoms with van der Waals surface area (Å²) >= 11 is 0. The van der Waals surface area contributed by atoms with Gasteiger partial charge >= 0.3 is 0 Å². The minimum atomic E-state index is -0.210. The number of hydrogen-bond donors (Lipinski definition) is 0. The first-order valence-corrected chi connectivity index (χ1v) is 8.67. The third-order valence-corrected chi connectivity index (χ3v) is 4.49. The van der Waals surface area contributed by atoms with Crippen LogP contribution >= 0.6 is 0 Å². The van der Waals surface area contributed by atoms with Crippen LogP contribution in [0.3, 0.4) is 0 Å². The molecule has 1 aromatic heterocycles. The van der Waals surface area contributed by atoms with Gasteiger partial charge in [0.05, 0.1) is 13.7 Å².